The summed E-state index contributed by atoms with van der Waals surface area (Å²) in [6.45, 7) is 9.79. The molecule has 1 fully saturated rings. The van der Waals surface area contributed by atoms with Crippen LogP contribution >= 0.6 is 15.9 Å². The highest BCUT2D eigenvalue weighted by atomic mass is 79.9. The Morgan fingerprint density at radius 1 is 1.21 bits per heavy atom. The lowest BCUT2D eigenvalue weighted by Crippen LogP contribution is -2.51. The average Bonchev–Trinajstić information content (AvgIpc) is 2.41. The van der Waals surface area contributed by atoms with Crippen molar-refractivity contribution in [3.63, 3.8) is 0 Å². The van der Waals surface area contributed by atoms with E-state index in [1.54, 1.807) is 0 Å². The molecule has 1 aliphatic rings. The van der Waals surface area contributed by atoms with Gasteiger partial charge in [-0.2, -0.15) is 0 Å². The number of nitrogens with zero attached hydrogens (tertiary/aromatic N) is 1. The molecule has 1 N–H and O–H groups in total. The summed E-state index contributed by atoms with van der Waals surface area (Å²) < 4.78 is 0.955. The zero-order chi connectivity index (χ0) is 14.3. The summed E-state index contributed by atoms with van der Waals surface area (Å²) in [6.07, 6.45) is 0. The molecule has 1 heterocycles. The van der Waals surface area contributed by atoms with Crippen LogP contribution in [-0.2, 0) is 4.79 Å². The van der Waals surface area contributed by atoms with Crippen LogP contribution in [0.4, 0.5) is 5.69 Å². The van der Waals surface area contributed by atoms with Gasteiger partial charge in [0.05, 0.1) is 11.2 Å². The van der Waals surface area contributed by atoms with Gasteiger partial charge in [-0.15, -0.1) is 0 Å². The number of para-hydroxylation sites is 1. The molecule has 0 unspecified atom stereocenters. The summed E-state index contributed by atoms with van der Waals surface area (Å²) >= 11 is 3.55. The van der Waals surface area contributed by atoms with E-state index in [1.807, 2.05) is 43.0 Å². The first-order chi connectivity index (χ1) is 8.73. The van der Waals surface area contributed by atoms with Crippen LogP contribution in [0.5, 0.6) is 0 Å². The number of carbonyl (C=O) groups is 1. The van der Waals surface area contributed by atoms with E-state index in [4.69, 9.17) is 0 Å². The van der Waals surface area contributed by atoms with Crippen LogP contribution < -0.4 is 10.2 Å². The molecule has 1 amide bonds. The maximum Gasteiger partial charge on any atom is 0.246 e. The molecule has 104 valence electrons. The lowest BCUT2D eigenvalue weighted by Gasteiger charge is -2.31. The third-order valence-corrected chi connectivity index (χ3v) is 4.19. The van der Waals surface area contributed by atoms with Gasteiger partial charge in [0, 0.05) is 17.6 Å². The molecule has 0 atom stereocenters. The molecule has 1 aromatic carbocycles. The summed E-state index contributed by atoms with van der Waals surface area (Å²) in [5.41, 5.74) is 0.444. The van der Waals surface area contributed by atoms with E-state index >= 15 is 0 Å². The Labute approximate surface area is 123 Å². The van der Waals surface area contributed by atoms with Crippen molar-refractivity contribution in [2.45, 2.75) is 33.2 Å². The van der Waals surface area contributed by atoms with Crippen LogP contribution in [-0.4, -0.2) is 24.5 Å². The van der Waals surface area contributed by atoms with Crippen molar-refractivity contribution in [3.05, 3.63) is 28.7 Å². The first kappa shape index (κ1) is 14.5. The van der Waals surface area contributed by atoms with E-state index in [-0.39, 0.29) is 11.3 Å². The van der Waals surface area contributed by atoms with Crippen LogP contribution in [0.2, 0.25) is 0 Å². The average molecular weight is 325 g/mol. The van der Waals surface area contributed by atoms with Gasteiger partial charge in [-0.1, -0.05) is 26.0 Å². The third-order valence-electron chi connectivity index (χ3n) is 3.52. The summed E-state index contributed by atoms with van der Waals surface area (Å²) in [6, 6.07) is 7.89. The molecular weight excluding hydrogens is 304 g/mol. The van der Waals surface area contributed by atoms with Gasteiger partial charge >= 0.3 is 0 Å². The fourth-order valence-electron chi connectivity index (χ4n) is 2.29. The molecule has 19 heavy (non-hydrogen) atoms. The number of anilines is 1. The van der Waals surface area contributed by atoms with Gasteiger partial charge in [0.25, 0.3) is 0 Å². The Morgan fingerprint density at radius 3 is 2.47 bits per heavy atom. The molecule has 0 aliphatic carbocycles. The molecule has 3 nitrogen and oxygen atoms in total. The van der Waals surface area contributed by atoms with Crippen molar-refractivity contribution in [3.8, 4) is 0 Å². The molecule has 1 aliphatic heterocycles. The summed E-state index contributed by atoms with van der Waals surface area (Å²) in [5, 5.41) is 3.37. The van der Waals surface area contributed by atoms with Gasteiger partial charge in [-0.3, -0.25) is 4.79 Å². The Balaban J connectivity index is 2.46. The van der Waals surface area contributed by atoms with E-state index in [2.05, 4.69) is 35.1 Å². The Bertz CT molecular complexity index is 497. The highest BCUT2D eigenvalue weighted by Crippen LogP contribution is 2.32. The maximum atomic E-state index is 12.8. The Morgan fingerprint density at radius 2 is 1.84 bits per heavy atom. The number of halogens is 1. The van der Waals surface area contributed by atoms with E-state index in [0.717, 1.165) is 16.7 Å². The Kier molecular flexibility index (Phi) is 3.76. The number of hydrogen-bond donors (Lipinski definition) is 1. The van der Waals surface area contributed by atoms with Crippen molar-refractivity contribution in [1.82, 2.24) is 5.32 Å². The van der Waals surface area contributed by atoms with Gasteiger partial charge < -0.3 is 10.2 Å². The first-order valence-corrected chi connectivity index (χ1v) is 7.34. The summed E-state index contributed by atoms with van der Waals surface area (Å²) in [7, 11) is 0. The molecule has 0 radical (unpaired) electrons. The molecule has 4 heteroatoms. The molecule has 0 saturated carbocycles. The topological polar surface area (TPSA) is 32.3 Å². The third kappa shape index (κ3) is 3.00. The fourth-order valence-corrected chi connectivity index (χ4v) is 2.79. The highest BCUT2D eigenvalue weighted by molar-refractivity contribution is 9.10. The van der Waals surface area contributed by atoms with Crippen LogP contribution in [0, 0.1) is 5.41 Å². The van der Waals surface area contributed by atoms with Crippen LogP contribution in [0.25, 0.3) is 0 Å². The van der Waals surface area contributed by atoms with Crippen molar-refractivity contribution < 1.29 is 4.79 Å². The van der Waals surface area contributed by atoms with E-state index in [0.29, 0.717) is 6.54 Å². The minimum atomic E-state index is -0.539. The number of benzene rings is 1. The van der Waals surface area contributed by atoms with Gasteiger partial charge in [0.2, 0.25) is 5.91 Å². The van der Waals surface area contributed by atoms with E-state index < -0.39 is 5.54 Å². The quantitative estimate of drug-likeness (QED) is 0.860. The van der Waals surface area contributed by atoms with E-state index in [9.17, 15) is 4.79 Å². The van der Waals surface area contributed by atoms with Crippen molar-refractivity contribution in [2.24, 2.45) is 5.41 Å². The minimum Gasteiger partial charge on any atom is -0.309 e. The maximum absolute atomic E-state index is 12.8. The molecule has 1 aromatic rings. The molecule has 0 bridgehead atoms. The normalized spacial score (nSPS) is 22.2. The SMILES string of the molecule is CC1(C)CNC(C)(C)C(=O)N(c2ccccc2Br)C1. The number of hydrogen-bond acceptors (Lipinski definition) is 2. The van der Waals surface area contributed by atoms with Crippen molar-refractivity contribution in [1.29, 1.82) is 0 Å². The van der Waals surface area contributed by atoms with Crippen molar-refractivity contribution >= 4 is 27.5 Å². The molecular formula is C15H21BrN2O. The second kappa shape index (κ2) is 4.91. The largest absolute Gasteiger partial charge is 0.309 e. The smallest absolute Gasteiger partial charge is 0.246 e. The lowest BCUT2D eigenvalue weighted by atomic mass is 9.93. The van der Waals surface area contributed by atoms with E-state index in [1.165, 1.54) is 0 Å². The standard InChI is InChI=1S/C15H21BrN2O/c1-14(2)9-17-15(3,4)13(19)18(10-14)12-8-6-5-7-11(12)16/h5-8,17H,9-10H2,1-4H3. The fraction of sp³-hybridized carbons (Fsp3) is 0.533. The number of rotatable bonds is 1. The first-order valence-electron chi connectivity index (χ1n) is 6.54. The zero-order valence-electron chi connectivity index (χ0n) is 12.0. The summed E-state index contributed by atoms with van der Waals surface area (Å²) in [5.74, 6) is 0.116. The van der Waals surface area contributed by atoms with Gasteiger partial charge in [-0.25, -0.2) is 0 Å². The number of carbonyl (C=O) groups excluding carboxylic acids is 1. The zero-order valence-corrected chi connectivity index (χ0v) is 13.5. The van der Waals surface area contributed by atoms with Gasteiger partial charge in [-0.05, 0) is 47.3 Å². The van der Waals surface area contributed by atoms with Crippen LogP contribution in [0.1, 0.15) is 27.7 Å². The predicted octanol–water partition coefficient (Wildman–Crippen LogP) is 3.19. The lowest BCUT2D eigenvalue weighted by molar-refractivity contribution is -0.123. The van der Waals surface area contributed by atoms with Crippen LogP contribution in [0.15, 0.2) is 28.7 Å². The highest BCUT2D eigenvalue weighted by Gasteiger charge is 2.40. The van der Waals surface area contributed by atoms with Gasteiger partial charge in [0.1, 0.15) is 0 Å². The molecule has 1 saturated heterocycles. The predicted molar refractivity (Wildman–Crippen MR) is 82.4 cm³/mol. The minimum absolute atomic E-state index is 0.0404. The molecule has 0 spiro atoms. The number of nitrogens with one attached hydrogen (secondary N) is 1. The van der Waals surface area contributed by atoms with Gasteiger partial charge in [0.15, 0.2) is 0 Å². The second-order valence-electron chi connectivity index (χ2n) is 6.49. The number of amides is 1. The molecule has 2 rings (SSSR count). The molecule has 0 aromatic heterocycles. The monoisotopic (exact) mass is 324 g/mol. The van der Waals surface area contributed by atoms with Crippen molar-refractivity contribution in [2.75, 3.05) is 18.0 Å². The summed E-state index contributed by atoms with van der Waals surface area (Å²) in [4.78, 5) is 14.6. The van der Waals surface area contributed by atoms with Crippen LogP contribution in [0.3, 0.4) is 0 Å². The second-order valence-corrected chi connectivity index (χ2v) is 7.34. The Hall–Kier alpha value is -0.870.